The number of aromatic nitrogens is 2. The first-order chi connectivity index (χ1) is 9.36. The van der Waals surface area contributed by atoms with E-state index in [4.69, 9.17) is 5.11 Å². The van der Waals surface area contributed by atoms with Crippen LogP contribution >= 0.6 is 23.1 Å². The van der Waals surface area contributed by atoms with Gasteiger partial charge in [0.15, 0.2) is 5.16 Å². The minimum Gasteiger partial charge on any atom is -0.481 e. The summed E-state index contributed by atoms with van der Waals surface area (Å²) in [6.45, 7) is 5.91. The molecule has 0 aromatic carbocycles. The van der Waals surface area contributed by atoms with Gasteiger partial charge in [-0.15, -0.1) is 11.3 Å². The third-order valence-electron chi connectivity index (χ3n) is 3.26. The standard InChI is InChI=1S/C13H16N2O3S2/c1-4-13(2,3)15-11(18)8-5-6-19-10(8)14-12(15)20-7-9(16)17/h5-6H,4,7H2,1-3H3,(H,16,17). The smallest absolute Gasteiger partial charge is 0.313 e. The van der Waals surface area contributed by atoms with Crippen LogP contribution in [0, 0.1) is 0 Å². The van der Waals surface area contributed by atoms with Gasteiger partial charge in [-0.05, 0) is 31.7 Å². The molecule has 0 saturated heterocycles. The summed E-state index contributed by atoms with van der Waals surface area (Å²) in [4.78, 5) is 28.5. The number of thioether (sulfide) groups is 1. The Morgan fingerprint density at radius 3 is 2.85 bits per heavy atom. The van der Waals surface area contributed by atoms with Crippen LogP contribution in [0.25, 0.3) is 10.2 Å². The first-order valence-electron chi connectivity index (χ1n) is 6.22. The molecule has 2 rings (SSSR count). The summed E-state index contributed by atoms with van der Waals surface area (Å²) in [6, 6.07) is 1.77. The highest BCUT2D eigenvalue weighted by molar-refractivity contribution is 7.99. The second kappa shape index (κ2) is 5.57. The van der Waals surface area contributed by atoms with E-state index in [1.807, 2.05) is 26.2 Å². The molecule has 0 unspecified atom stereocenters. The number of hydrogen-bond donors (Lipinski definition) is 1. The number of nitrogens with zero attached hydrogens (tertiary/aromatic N) is 2. The molecule has 0 saturated carbocycles. The van der Waals surface area contributed by atoms with E-state index < -0.39 is 11.5 Å². The third kappa shape index (κ3) is 2.73. The van der Waals surface area contributed by atoms with E-state index in [9.17, 15) is 9.59 Å². The highest BCUT2D eigenvalue weighted by Crippen LogP contribution is 2.27. The van der Waals surface area contributed by atoms with Crippen molar-refractivity contribution in [2.45, 2.75) is 37.9 Å². The molecule has 0 aliphatic heterocycles. The lowest BCUT2D eigenvalue weighted by Crippen LogP contribution is -2.37. The Morgan fingerprint density at radius 1 is 1.55 bits per heavy atom. The van der Waals surface area contributed by atoms with Gasteiger partial charge in [-0.1, -0.05) is 18.7 Å². The van der Waals surface area contributed by atoms with Crippen molar-refractivity contribution >= 4 is 39.3 Å². The Hall–Kier alpha value is -1.34. The van der Waals surface area contributed by atoms with Gasteiger partial charge < -0.3 is 5.11 Å². The van der Waals surface area contributed by atoms with Crippen molar-refractivity contribution in [3.8, 4) is 0 Å². The molecule has 108 valence electrons. The summed E-state index contributed by atoms with van der Waals surface area (Å²) in [5.74, 6) is -1.03. The molecule has 1 N–H and O–H groups in total. The molecule has 2 aromatic rings. The van der Waals surface area contributed by atoms with Crippen molar-refractivity contribution in [2.24, 2.45) is 0 Å². The minimum absolute atomic E-state index is 0.101. The Labute approximate surface area is 124 Å². The fourth-order valence-electron chi connectivity index (χ4n) is 1.81. The van der Waals surface area contributed by atoms with Gasteiger partial charge in [-0.3, -0.25) is 14.2 Å². The predicted molar refractivity (Wildman–Crippen MR) is 81.9 cm³/mol. The second-order valence-corrected chi connectivity index (χ2v) is 6.86. The molecule has 0 aliphatic carbocycles. The molecule has 0 aliphatic rings. The number of hydrogen-bond acceptors (Lipinski definition) is 5. The Balaban J connectivity index is 2.66. The zero-order chi connectivity index (χ0) is 14.9. The summed E-state index contributed by atoms with van der Waals surface area (Å²) in [6.07, 6.45) is 0.755. The van der Waals surface area contributed by atoms with Crippen molar-refractivity contribution < 1.29 is 9.90 Å². The van der Waals surface area contributed by atoms with E-state index >= 15 is 0 Å². The number of thiophene rings is 1. The summed E-state index contributed by atoms with van der Waals surface area (Å²) < 4.78 is 1.62. The average molecular weight is 312 g/mol. The quantitative estimate of drug-likeness (QED) is 0.679. The van der Waals surface area contributed by atoms with Crippen LogP contribution in [0.2, 0.25) is 0 Å². The molecule has 2 heterocycles. The lowest BCUT2D eigenvalue weighted by atomic mass is 10.0. The fourth-order valence-corrected chi connectivity index (χ4v) is 3.49. The predicted octanol–water partition coefficient (Wildman–Crippen LogP) is 2.78. The van der Waals surface area contributed by atoms with Crippen molar-refractivity contribution in [1.29, 1.82) is 0 Å². The van der Waals surface area contributed by atoms with Gasteiger partial charge in [0, 0.05) is 5.54 Å². The molecule has 5 nitrogen and oxygen atoms in total. The Bertz CT molecular complexity index is 703. The molecule has 0 atom stereocenters. The van der Waals surface area contributed by atoms with Crippen LogP contribution in [0.4, 0.5) is 0 Å². The van der Waals surface area contributed by atoms with E-state index in [1.54, 1.807) is 10.6 Å². The summed E-state index contributed by atoms with van der Waals surface area (Å²) in [7, 11) is 0. The zero-order valence-corrected chi connectivity index (χ0v) is 13.2. The monoisotopic (exact) mass is 312 g/mol. The van der Waals surface area contributed by atoms with Crippen LogP contribution in [0.5, 0.6) is 0 Å². The molecular formula is C13H16N2O3S2. The van der Waals surface area contributed by atoms with Gasteiger partial charge >= 0.3 is 5.97 Å². The number of carboxylic acid groups (broad SMARTS) is 1. The van der Waals surface area contributed by atoms with E-state index in [1.165, 1.54) is 11.3 Å². The van der Waals surface area contributed by atoms with Crippen LogP contribution in [-0.4, -0.2) is 26.4 Å². The maximum atomic E-state index is 12.6. The first kappa shape index (κ1) is 15.1. The number of fused-ring (bicyclic) bond motifs is 1. The molecule has 0 fully saturated rings. The highest BCUT2D eigenvalue weighted by atomic mass is 32.2. The number of rotatable bonds is 5. The van der Waals surface area contributed by atoms with Crippen LogP contribution in [-0.2, 0) is 10.3 Å². The van der Waals surface area contributed by atoms with E-state index in [0.717, 1.165) is 18.2 Å². The maximum Gasteiger partial charge on any atom is 0.313 e. The van der Waals surface area contributed by atoms with Gasteiger partial charge in [0.2, 0.25) is 0 Å². The number of carbonyl (C=O) groups is 1. The summed E-state index contributed by atoms with van der Waals surface area (Å²) in [5.41, 5.74) is -0.503. The molecular weight excluding hydrogens is 296 g/mol. The van der Waals surface area contributed by atoms with Crippen LogP contribution < -0.4 is 5.56 Å². The zero-order valence-electron chi connectivity index (χ0n) is 11.5. The maximum absolute atomic E-state index is 12.6. The highest BCUT2D eigenvalue weighted by Gasteiger charge is 2.25. The lowest BCUT2D eigenvalue weighted by Gasteiger charge is -2.28. The SMILES string of the molecule is CCC(C)(C)n1c(SCC(=O)O)nc2sccc2c1=O. The van der Waals surface area contributed by atoms with Crippen molar-refractivity contribution in [1.82, 2.24) is 9.55 Å². The van der Waals surface area contributed by atoms with Crippen molar-refractivity contribution in [3.05, 3.63) is 21.8 Å². The van der Waals surface area contributed by atoms with Gasteiger partial charge in [-0.2, -0.15) is 0 Å². The second-order valence-electron chi connectivity index (χ2n) is 5.02. The topological polar surface area (TPSA) is 72.2 Å². The van der Waals surface area contributed by atoms with Crippen molar-refractivity contribution in [2.75, 3.05) is 5.75 Å². The molecule has 0 spiro atoms. The molecule has 20 heavy (non-hydrogen) atoms. The van der Waals surface area contributed by atoms with E-state index in [-0.39, 0.29) is 11.3 Å². The molecule has 0 bridgehead atoms. The first-order valence-corrected chi connectivity index (χ1v) is 8.08. The number of carboxylic acids is 1. The lowest BCUT2D eigenvalue weighted by molar-refractivity contribution is -0.133. The van der Waals surface area contributed by atoms with Crippen molar-refractivity contribution in [3.63, 3.8) is 0 Å². The normalized spacial score (nSPS) is 11.9. The van der Waals surface area contributed by atoms with Gasteiger partial charge in [0.05, 0.1) is 11.1 Å². The molecule has 7 heteroatoms. The minimum atomic E-state index is -0.920. The van der Waals surface area contributed by atoms with E-state index in [0.29, 0.717) is 15.4 Å². The van der Waals surface area contributed by atoms with Crippen LogP contribution in [0.1, 0.15) is 27.2 Å². The van der Waals surface area contributed by atoms with E-state index in [2.05, 4.69) is 4.98 Å². The number of aliphatic carboxylic acids is 1. The van der Waals surface area contributed by atoms with Crippen LogP contribution in [0.15, 0.2) is 21.4 Å². The van der Waals surface area contributed by atoms with Gasteiger partial charge in [-0.25, -0.2) is 4.98 Å². The Morgan fingerprint density at radius 2 is 2.25 bits per heavy atom. The summed E-state index contributed by atoms with van der Waals surface area (Å²) in [5, 5.41) is 11.7. The Kier molecular flexibility index (Phi) is 4.19. The molecule has 2 aromatic heterocycles. The van der Waals surface area contributed by atoms with Crippen LogP contribution in [0.3, 0.4) is 0 Å². The fraction of sp³-hybridized carbons (Fsp3) is 0.462. The van der Waals surface area contributed by atoms with Gasteiger partial charge in [0.1, 0.15) is 4.83 Å². The largest absolute Gasteiger partial charge is 0.481 e. The average Bonchev–Trinajstić information content (AvgIpc) is 2.84. The summed E-state index contributed by atoms with van der Waals surface area (Å²) >= 11 is 2.48. The van der Waals surface area contributed by atoms with Gasteiger partial charge in [0.25, 0.3) is 5.56 Å². The molecule has 0 amide bonds. The molecule has 0 radical (unpaired) electrons. The third-order valence-corrected chi connectivity index (χ3v) is 4.99.